The van der Waals surface area contributed by atoms with E-state index in [0.29, 0.717) is 25.4 Å². The summed E-state index contributed by atoms with van der Waals surface area (Å²) in [6, 6.07) is 32.6. The molecule has 0 spiro atoms. The third-order valence-corrected chi connectivity index (χ3v) is 8.22. The molecule has 3 aromatic carbocycles. The van der Waals surface area contributed by atoms with Crippen molar-refractivity contribution in [2.24, 2.45) is 0 Å². The van der Waals surface area contributed by atoms with Gasteiger partial charge in [-0.2, -0.15) is 10.2 Å². The molecule has 1 atom stereocenters. The molecule has 0 N–H and O–H groups in total. The van der Waals surface area contributed by atoms with Crippen molar-refractivity contribution in [3.8, 4) is 17.1 Å². The van der Waals surface area contributed by atoms with Gasteiger partial charge in [-0.3, -0.25) is 9.59 Å². The Kier molecular flexibility index (Phi) is 9.54. The first-order valence-corrected chi connectivity index (χ1v) is 15.3. The summed E-state index contributed by atoms with van der Waals surface area (Å²) in [5.74, 6) is 0.162. The van der Waals surface area contributed by atoms with Crippen molar-refractivity contribution in [2.45, 2.75) is 32.0 Å². The van der Waals surface area contributed by atoms with Crippen molar-refractivity contribution in [3.63, 3.8) is 0 Å². The highest BCUT2D eigenvalue weighted by molar-refractivity contribution is 5.95. The smallest absolute Gasteiger partial charge is 0.247 e. The maximum Gasteiger partial charge on any atom is 0.247 e. The fraction of sp³-hybridized carbons (Fsp3) is 0.184. The van der Waals surface area contributed by atoms with Gasteiger partial charge >= 0.3 is 0 Å². The molecule has 0 saturated carbocycles. The van der Waals surface area contributed by atoms with Gasteiger partial charge in [-0.05, 0) is 58.5 Å². The number of nitrogens with zero attached hydrogens (tertiary/aromatic N) is 5. The van der Waals surface area contributed by atoms with Crippen molar-refractivity contribution < 1.29 is 14.3 Å². The molecule has 8 nitrogen and oxygen atoms in total. The van der Waals surface area contributed by atoms with E-state index in [2.05, 4.69) is 27.3 Å². The van der Waals surface area contributed by atoms with E-state index in [-0.39, 0.29) is 18.4 Å². The van der Waals surface area contributed by atoms with Gasteiger partial charge in [0.1, 0.15) is 6.04 Å². The summed E-state index contributed by atoms with van der Waals surface area (Å²) in [6.07, 6.45) is 7.70. The zero-order chi connectivity index (χ0) is 31.7. The van der Waals surface area contributed by atoms with Gasteiger partial charge in [0.2, 0.25) is 17.7 Å². The summed E-state index contributed by atoms with van der Waals surface area (Å²) in [5.41, 5.74) is 6.73. The fourth-order valence-electron chi connectivity index (χ4n) is 5.71. The molecular weight excluding hydrogens is 574 g/mol. The quantitative estimate of drug-likeness (QED) is 0.187. The predicted octanol–water partition coefficient (Wildman–Crippen LogP) is 5.79. The summed E-state index contributed by atoms with van der Waals surface area (Å²) >= 11 is 0. The Morgan fingerprint density at radius 2 is 1.67 bits per heavy atom. The van der Waals surface area contributed by atoms with Crippen LogP contribution in [0.15, 0.2) is 122 Å². The average Bonchev–Trinajstić information content (AvgIpc) is 3.13. The largest absolute Gasteiger partial charge is 0.481 e. The van der Waals surface area contributed by atoms with Crippen LogP contribution < -0.4 is 4.74 Å². The van der Waals surface area contributed by atoms with Crippen molar-refractivity contribution in [1.29, 1.82) is 0 Å². The van der Waals surface area contributed by atoms with E-state index in [1.807, 2.05) is 89.8 Å². The molecule has 1 aliphatic rings. The van der Waals surface area contributed by atoms with Crippen LogP contribution in [-0.4, -0.2) is 56.5 Å². The van der Waals surface area contributed by atoms with Crippen molar-refractivity contribution in [1.82, 2.24) is 25.0 Å². The number of hydrogen-bond acceptors (Lipinski definition) is 6. The minimum Gasteiger partial charge on any atom is -0.481 e. The second-order valence-electron chi connectivity index (χ2n) is 11.2. The monoisotopic (exact) mass is 609 g/mol. The molecule has 3 heterocycles. The standard InChI is InChI=1S/C38H35N5O3/c1-46-36-19-15-29(25-39-36)16-20-37(44)43(26-30-13-17-32(18-14-30)34-12-7-22-40-41-34)35(24-28-8-3-2-4-9-28)38(45)42-23-21-31-10-5-6-11-33(31)27-42/h2-20,22,25,35H,21,23-24,26-27H2,1H3/t35-/m0/s1. The van der Waals surface area contributed by atoms with Crippen molar-refractivity contribution in [3.05, 3.63) is 149 Å². The number of hydrogen-bond donors (Lipinski definition) is 0. The molecule has 5 aromatic rings. The Labute approximate surface area is 269 Å². The maximum absolute atomic E-state index is 14.5. The lowest BCUT2D eigenvalue weighted by atomic mass is 9.97. The highest BCUT2D eigenvalue weighted by atomic mass is 16.5. The third kappa shape index (κ3) is 7.35. The molecule has 2 amide bonds. The molecular formula is C38H35N5O3. The second kappa shape index (κ2) is 14.4. The Bertz CT molecular complexity index is 1790. The van der Waals surface area contributed by atoms with Gasteiger partial charge in [0.15, 0.2) is 0 Å². The lowest BCUT2D eigenvalue weighted by Crippen LogP contribution is -2.52. The van der Waals surface area contributed by atoms with E-state index < -0.39 is 6.04 Å². The molecule has 0 unspecified atom stereocenters. The van der Waals surface area contributed by atoms with Gasteiger partial charge in [0.05, 0.1) is 12.8 Å². The number of amides is 2. The molecule has 0 radical (unpaired) electrons. The summed E-state index contributed by atoms with van der Waals surface area (Å²) < 4.78 is 5.17. The molecule has 46 heavy (non-hydrogen) atoms. The molecule has 6 rings (SSSR count). The number of carbonyl (C=O) groups is 2. The molecule has 0 aliphatic carbocycles. The Morgan fingerprint density at radius 1 is 0.891 bits per heavy atom. The van der Waals surface area contributed by atoms with Crippen LogP contribution in [0.2, 0.25) is 0 Å². The van der Waals surface area contributed by atoms with Crippen LogP contribution in [0.1, 0.15) is 27.8 Å². The van der Waals surface area contributed by atoms with Crippen molar-refractivity contribution >= 4 is 17.9 Å². The van der Waals surface area contributed by atoms with Gasteiger partial charge < -0.3 is 14.5 Å². The van der Waals surface area contributed by atoms with Gasteiger partial charge in [0, 0.05) is 56.2 Å². The van der Waals surface area contributed by atoms with E-state index in [0.717, 1.165) is 39.9 Å². The van der Waals surface area contributed by atoms with E-state index in [1.165, 1.54) is 11.6 Å². The topological polar surface area (TPSA) is 88.5 Å². The number of methoxy groups -OCH3 is 1. The van der Waals surface area contributed by atoms with Crippen LogP contribution in [0, 0.1) is 0 Å². The molecule has 1 aliphatic heterocycles. The molecule has 2 aromatic heterocycles. The number of ether oxygens (including phenoxy) is 1. The average molecular weight is 610 g/mol. The van der Waals surface area contributed by atoms with Gasteiger partial charge in [-0.1, -0.05) is 78.9 Å². The lowest BCUT2D eigenvalue weighted by molar-refractivity contribution is -0.144. The van der Waals surface area contributed by atoms with Crippen LogP contribution in [-0.2, 0) is 35.5 Å². The normalized spacial score (nSPS) is 13.2. The molecule has 0 bridgehead atoms. The highest BCUT2D eigenvalue weighted by Crippen LogP contribution is 2.24. The molecule has 230 valence electrons. The minimum atomic E-state index is -0.724. The second-order valence-corrected chi connectivity index (χ2v) is 11.2. The molecule has 8 heteroatoms. The fourth-order valence-corrected chi connectivity index (χ4v) is 5.71. The zero-order valence-corrected chi connectivity index (χ0v) is 25.7. The summed E-state index contributed by atoms with van der Waals surface area (Å²) in [5, 5.41) is 8.20. The first-order chi connectivity index (χ1) is 22.6. The first-order valence-electron chi connectivity index (χ1n) is 15.3. The number of aromatic nitrogens is 3. The first kappa shape index (κ1) is 30.4. The highest BCUT2D eigenvalue weighted by Gasteiger charge is 2.34. The number of benzene rings is 3. The van der Waals surface area contributed by atoms with Crippen LogP contribution >= 0.6 is 0 Å². The summed E-state index contributed by atoms with van der Waals surface area (Å²) in [4.78, 5) is 36.5. The van der Waals surface area contributed by atoms with Gasteiger partial charge in [-0.15, -0.1) is 0 Å². The summed E-state index contributed by atoms with van der Waals surface area (Å²) in [7, 11) is 1.56. The third-order valence-electron chi connectivity index (χ3n) is 8.22. The number of fused-ring (bicyclic) bond motifs is 1. The van der Waals surface area contributed by atoms with Crippen LogP contribution in [0.4, 0.5) is 0 Å². The Hall–Kier alpha value is -5.63. The number of carbonyl (C=O) groups excluding carboxylic acids is 2. The van der Waals surface area contributed by atoms with Crippen LogP contribution in [0.25, 0.3) is 17.3 Å². The maximum atomic E-state index is 14.5. The number of rotatable bonds is 10. The van der Waals surface area contributed by atoms with E-state index >= 15 is 0 Å². The van der Waals surface area contributed by atoms with E-state index in [4.69, 9.17) is 4.74 Å². The predicted molar refractivity (Wildman–Crippen MR) is 177 cm³/mol. The molecule has 0 saturated heterocycles. The Morgan fingerprint density at radius 3 is 2.39 bits per heavy atom. The zero-order valence-electron chi connectivity index (χ0n) is 25.7. The SMILES string of the molecule is COc1ccc(C=CC(=O)N(Cc2ccc(-c3cccnn3)cc2)[C@@H](Cc2ccccc2)C(=O)N2CCc3ccccc3C2)cn1. The van der Waals surface area contributed by atoms with Gasteiger partial charge in [0.25, 0.3) is 0 Å². The van der Waals surface area contributed by atoms with E-state index in [9.17, 15) is 9.59 Å². The van der Waals surface area contributed by atoms with Crippen LogP contribution in [0.3, 0.4) is 0 Å². The Balaban J connectivity index is 1.34. The van der Waals surface area contributed by atoms with Crippen LogP contribution in [0.5, 0.6) is 5.88 Å². The molecule has 0 fully saturated rings. The number of pyridine rings is 1. The van der Waals surface area contributed by atoms with Gasteiger partial charge in [-0.25, -0.2) is 4.98 Å². The van der Waals surface area contributed by atoms with E-state index in [1.54, 1.807) is 36.5 Å². The lowest BCUT2D eigenvalue weighted by Gasteiger charge is -2.37. The summed E-state index contributed by atoms with van der Waals surface area (Å²) in [6.45, 7) is 1.37. The van der Waals surface area contributed by atoms with Crippen molar-refractivity contribution in [2.75, 3.05) is 13.7 Å². The minimum absolute atomic E-state index is 0.0672.